The third-order valence-corrected chi connectivity index (χ3v) is 6.63. The summed E-state index contributed by atoms with van der Waals surface area (Å²) in [6.45, 7) is 2.03. The molecule has 0 spiro atoms. The van der Waals surface area contributed by atoms with Crippen LogP contribution in [0.25, 0.3) is 0 Å². The van der Waals surface area contributed by atoms with E-state index in [2.05, 4.69) is 5.32 Å². The number of cyclic esters (lactones) is 1. The molecule has 1 aromatic heterocycles. The van der Waals surface area contributed by atoms with Crippen molar-refractivity contribution < 1.29 is 23.5 Å². The van der Waals surface area contributed by atoms with Crippen molar-refractivity contribution in [3.63, 3.8) is 0 Å². The molecule has 0 radical (unpaired) electrons. The number of ether oxygens (including phenoxy) is 1. The number of benzene rings is 1. The van der Waals surface area contributed by atoms with Crippen LogP contribution >= 0.6 is 11.3 Å². The van der Waals surface area contributed by atoms with Gasteiger partial charge in [-0.1, -0.05) is 6.07 Å². The minimum Gasteiger partial charge on any atom is -0.442 e. The number of nitrogens with zero attached hydrogens (tertiary/aromatic N) is 2. The molecule has 7 nitrogen and oxygen atoms in total. The number of ketones is 1. The van der Waals surface area contributed by atoms with Gasteiger partial charge in [-0.15, -0.1) is 11.3 Å². The Morgan fingerprint density at radius 1 is 1.16 bits per heavy atom. The van der Waals surface area contributed by atoms with Crippen LogP contribution in [0.15, 0.2) is 35.7 Å². The first-order valence-electron chi connectivity index (χ1n) is 10.9. The molecular weight excluding hydrogens is 433 g/mol. The summed E-state index contributed by atoms with van der Waals surface area (Å²) in [6.07, 6.45) is 2.37. The van der Waals surface area contributed by atoms with Gasteiger partial charge in [0.05, 0.1) is 29.3 Å². The van der Waals surface area contributed by atoms with Crippen molar-refractivity contribution >= 4 is 40.5 Å². The van der Waals surface area contributed by atoms with Gasteiger partial charge in [-0.25, -0.2) is 9.18 Å². The molecule has 2 aromatic rings. The molecule has 0 bridgehead atoms. The summed E-state index contributed by atoms with van der Waals surface area (Å²) in [4.78, 5) is 40.4. The summed E-state index contributed by atoms with van der Waals surface area (Å²) in [5, 5.41) is 4.53. The van der Waals surface area contributed by atoms with E-state index >= 15 is 0 Å². The first-order valence-corrected chi connectivity index (χ1v) is 11.8. The minimum atomic E-state index is -0.567. The van der Waals surface area contributed by atoms with E-state index in [4.69, 9.17) is 4.74 Å². The van der Waals surface area contributed by atoms with Crippen LogP contribution in [0.4, 0.5) is 20.6 Å². The first-order chi connectivity index (χ1) is 15.5. The number of hydrogen-bond acceptors (Lipinski definition) is 6. The van der Waals surface area contributed by atoms with Crippen molar-refractivity contribution in [3.8, 4) is 0 Å². The number of Topliss-reactive ketones (excluding diaryl/α,β-unsaturated/α-hetero) is 1. The molecule has 0 aliphatic carbocycles. The van der Waals surface area contributed by atoms with E-state index in [0.29, 0.717) is 16.3 Å². The van der Waals surface area contributed by atoms with Crippen LogP contribution in [0.2, 0.25) is 0 Å². The minimum absolute atomic E-state index is 0.0661. The van der Waals surface area contributed by atoms with E-state index in [1.807, 2.05) is 10.3 Å². The standard InChI is InChI=1S/C23H26FN3O4S/c24-18-13-16(6-7-19(18)26-10-2-1-3-11-26)27-15-17(31-23(27)30)14-25-22(29)9-8-20(28)21-5-4-12-32-21/h4-7,12-13,17H,1-3,8-11,14-15H2,(H,25,29)/t17-/m0/s1. The van der Waals surface area contributed by atoms with Crippen LogP contribution in [0.1, 0.15) is 41.8 Å². The predicted octanol–water partition coefficient (Wildman–Crippen LogP) is 3.98. The Hall–Kier alpha value is -2.94. The third kappa shape index (κ3) is 5.27. The van der Waals surface area contributed by atoms with E-state index < -0.39 is 12.2 Å². The third-order valence-electron chi connectivity index (χ3n) is 5.72. The summed E-state index contributed by atoms with van der Waals surface area (Å²) in [5.41, 5.74) is 0.991. The fourth-order valence-corrected chi connectivity index (χ4v) is 4.69. The molecule has 3 heterocycles. The highest BCUT2D eigenvalue weighted by molar-refractivity contribution is 7.12. The molecule has 1 N–H and O–H groups in total. The number of carbonyl (C=O) groups is 3. The smallest absolute Gasteiger partial charge is 0.414 e. The van der Waals surface area contributed by atoms with Gasteiger partial charge < -0.3 is 15.0 Å². The zero-order valence-corrected chi connectivity index (χ0v) is 18.5. The molecule has 9 heteroatoms. The lowest BCUT2D eigenvalue weighted by Gasteiger charge is -2.29. The van der Waals surface area contributed by atoms with E-state index in [1.165, 1.54) is 28.7 Å². The number of rotatable bonds is 8. The molecule has 2 fully saturated rings. The quantitative estimate of drug-likeness (QED) is 0.604. The Morgan fingerprint density at radius 3 is 2.69 bits per heavy atom. The molecule has 1 aromatic carbocycles. The second kappa shape index (κ2) is 10.1. The monoisotopic (exact) mass is 459 g/mol. The summed E-state index contributed by atoms with van der Waals surface area (Å²) in [5.74, 6) is -0.700. The van der Waals surface area contributed by atoms with Gasteiger partial charge in [0.1, 0.15) is 11.9 Å². The predicted molar refractivity (Wildman–Crippen MR) is 121 cm³/mol. The second-order valence-electron chi connectivity index (χ2n) is 8.00. The Bertz CT molecular complexity index is 976. The maximum atomic E-state index is 14.7. The highest BCUT2D eigenvalue weighted by Gasteiger charge is 2.33. The van der Waals surface area contributed by atoms with Gasteiger partial charge in [0.2, 0.25) is 5.91 Å². The molecular formula is C23H26FN3O4S. The summed E-state index contributed by atoms with van der Waals surface area (Å²) in [6, 6.07) is 8.33. The van der Waals surface area contributed by atoms with Crippen LogP contribution in [0.3, 0.4) is 0 Å². The highest BCUT2D eigenvalue weighted by atomic mass is 32.1. The number of carbonyl (C=O) groups excluding carboxylic acids is 3. The van der Waals surface area contributed by atoms with Crippen molar-refractivity contribution in [2.75, 3.05) is 36.0 Å². The van der Waals surface area contributed by atoms with Gasteiger partial charge in [0.15, 0.2) is 5.78 Å². The summed E-state index contributed by atoms with van der Waals surface area (Å²) in [7, 11) is 0. The van der Waals surface area contributed by atoms with E-state index in [-0.39, 0.29) is 43.4 Å². The molecule has 2 aliphatic rings. The zero-order valence-electron chi connectivity index (χ0n) is 17.7. The number of piperidine rings is 1. The van der Waals surface area contributed by atoms with Crippen LogP contribution < -0.4 is 15.1 Å². The van der Waals surface area contributed by atoms with Crippen molar-refractivity contribution in [2.45, 2.75) is 38.2 Å². The van der Waals surface area contributed by atoms with Crippen molar-refractivity contribution in [3.05, 3.63) is 46.4 Å². The van der Waals surface area contributed by atoms with Crippen LogP contribution in [0, 0.1) is 5.82 Å². The Labute approximate surface area is 190 Å². The number of amides is 2. The van der Waals surface area contributed by atoms with Gasteiger partial charge in [0, 0.05) is 25.9 Å². The molecule has 170 valence electrons. The average molecular weight is 460 g/mol. The second-order valence-corrected chi connectivity index (χ2v) is 8.95. The molecule has 4 rings (SSSR count). The topological polar surface area (TPSA) is 79.0 Å². The van der Waals surface area contributed by atoms with E-state index in [1.54, 1.807) is 24.3 Å². The number of nitrogens with one attached hydrogen (secondary N) is 1. The Morgan fingerprint density at radius 2 is 1.97 bits per heavy atom. The number of hydrogen-bond donors (Lipinski definition) is 1. The molecule has 32 heavy (non-hydrogen) atoms. The van der Waals surface area contributed by atoms with Gasteiger partial charge in [-0.2, -0.15) is 0 Å². The number of thiophene rings is 1. The number of anilines is 2. The van der Waals surface area contributed by atoms with Crippen LogP contribution in [-0.2, 0) is 9.53 Å². The summed E-state index contributed by atoms with van der Waals surface area (Å²) < 4.78 is 20.0. The molecule has 0 saturated carbocycles. The van der Waals surface area contributed by atoms with E-state index in [0.717, 1.165) is 25.9 Å². The molecule has 2 saturated heterocycles. The zero-order chi connectivity index (χ0) is 22.5. The Kier molecular flexibility index (Phi) is 7.04. The lowest BCUT2D eigenvalue weighted by atomic mass is 10.1. The molecule has 2 amide bonds. The lowest BCUT2D eigenvalue weighted by molar-refractivity contribution is -0.121. The van der Waals surface area contributed by atoms with Gasteiger partial charge in [-0.3, -0.25) is 14.5 Å². The van der Waals surface area contributed by atoms with Crippen molar-refractivity contribution in [2.24, 2.45) is 0 Å². The summed E-state index contributed by atoms with van der Waals surface area (Å²) >= 11 is 1.35. The van der Waals surface area contributed by atoms with Gasteiger partial charge in [0.25, 0.3) is 0 Å². The fourth-order valence-electron chi connectivity index (χ4n) is 4.00. The van der Waals surface area contributed by atoms with Gasteiger partial charge in [-0.05, 0) is 48.9 Å². The molecule has 2 aliphatic heterocycles. The maximum absolute atomic E-state index is 14.7. The fraction of sp³-hybridized carbons (Fsp3) is 0.435. The number of halogens is 1. The first kappa shape index (κ1) is 22.3. The van der Waals surface area contributed by atoms with Gasteiger partial charge >= 0.3 is 6.09 Å². The highest BCUT2D eigenvalue weighted by Crippen LogP contribution is 2.29. The normalized spacial score (nSPS) is 18.5. The van der Waals surface area contributed by atoms with Crippen molar-refractivity contribution in [1.29, 1.82) is 0 Å². The lowest BCUT2D eigenvalue weighted by Crippen LogP contribution is -2.34. The molecule has 1 atom stereocenters. The molecule has 0 unspecified atom stereocenters. The van der Waals surface area contributed by atoms with E-state index in [9.17, 15) is 18.8 Å². The average Bonchev–Trinajstić information content (AvgIpc) is 3.46. The van der Waals surface area contributed by atoms with Crippen LogP contribution in [0.5, 0.6) is 0 Å². The maximum Gasteiger partial charge on any atom is 0.414 e. The largest absolute Gasteiger partial charge is 0.442 e. The van der Waals surface area contributed by atoms with Crippen LogP contribution in [-0.4, -0.2) is 50.1 Å². The SMILES string of the molecule is O=C(CCC(=O)c1cccs1)NC[C@H]1CN(c2ccc(N3CCCCC3)c(F)c2)C(=O)O1. The van der Waals surface area contributed by atoms with Crippen molar-refractivity contribution in [1.82, 2.24) is 5.32 Å². The Balaban J connectivity index is 1.27.